The van der Waals surface area contributed by atoms with Gasteiger partial charge in [0.1, 0.15) is 11.5 Å². The van der Waals surface area contributed by atoms with Crippen molar-refractivity contribution in [1.29, 1.82) is 0 Å². The van der Waals surface area contributed by atoms with Crippen LogP contribution in [0.2, 0.25) is 0 Å². The second kappa shape index (κ2) is 7.05. The zero-order chi connectivity index (χ0) is 14.3. The van der Waals surface area contributed by atoms with E-state index < -0.39 is 15.9 Å². The monoisotopic (exact) mass is 286 g/mol. The van der Waals surface area contributed by atoms with Crippen molar-refractivity contribution >= 4 is 21.7 Å². The molecule has 8 heteroatoms. The Morgan fingerprint density at radius 1 is 1.37 bits per heavy atom. The Morgan fingerprint density at radius 3 is 2.74 bits per heavy atom. The molecule has 0 fully saturated rings. The molecule has 0 saturated carbocycles. The molecule has 0 aromatic carbocycles. The lowest BCUT2D eigenvalue weighted by Gasteiger charge is -2.07. The van der Waals surface area contributed by atoms with Gasteiger partial charge in [0.2, 0.25) is 10.0 Å². The lowest BCUT2D eigenvalue weighted by Crippen LogP contribution is -2.33. The number of hydrogen-bond donors (Lipinski definition) is 3. The highest BCUT2D eigenvalue weighted by molar-refractivity contribution is 7.89. The zero-order valence-electron chi connectivity index (χ0n) is 10.9. The normalized spacial score (nSPS) is 11.1. The third kappa shape index (κ3) is 5.23. The van der Waals surface area contributed by atoms with Gasteiger partial charge in [-0.1, -0.05) is 6.07 Å². The molecule has 0 aliphatic carbocycles. The van der Waals surface area contributed by atoms with Crippen molar-refractivity contribution in [3.05, 3.63) is 23.9 Å². The van der Waals surface area contributed by atoms with Crippen LogP contribution >= 0.6 is 0 Å². The second-order valence-corrected chi connectivity index (χ2v) is 5.76. The number of amides is 1. The number of hydrogen-bond acceptors (Lipinski definition) is 5. The first-order valence-corrected chi connectivity index (χ1v) is 7.54. The first-order valence-electron chi connectivity index (χ1n) is 5.89. The van der Waals surface area contributed by atoms with E-state index in [1.54, 1.807) is 18.2 Å². The maximum Gasteiger partial charge on any atom is 0.269 e. The molecule has 1 aromatic heterocycles. The molecule has 7 nitrogen and oxygen atoms in total. The van der Waals surface area contributed by atoms with E-state index in [4.69, 9.17) is 0 Å². The van der Waals surface area contributed by atoms with Crippen molar-refractivity contribution in [3.63, 3.8) is 0 Å². The summed E-state index contributed by atoms with van der Waals surface area (Å²) in [6.45, 7) is 2.67. The van der Waals surface area contributed by atoms with Crippen molar-refractivity contribution in [1.82, 2.24) is 15.0 Å². The molecule has 0 radical (unpaired) electrons. The molecule has 0 bridgehead atoms. The van der Waals surface area contributed by atoms with Crippen LogP contribution in [0.5, 0.6) is 0 Å². The van der Waals surface area contributed by atoms with Gasteiger partial charge in [-0.15, -0.1) is 0 Å². The molecule has 19 heavy (non-hydrogen) atoms. The molecule has 1 aromatic rings. The number of nitrogens with one attached hydrogen (secondary N) is 3. The van der Waals surface area contributed by atoms with E-state index >= 15 is 0 Å². The summed E-state index contributed by atoms with van der Waals surface area (Å²) >= 11 is 0. The number of nitrogens with zero attached hydrogens (tertiary/aromatic N) is 1. The molecular weight excluding hydrogens is 268 g/mol. The fourth-order valence-electron chi connectivity index (χ4n) is 1.33. The van der Waals surface area contributed by atoms with Crippen LogP contribution in [0.4, 0.5) is 5.82 Å². The Kier molecular flexibility index (Phi) is 5.71. The fraction of sp³-hybridized carbons (Fsp3) is 0.455. The lowest BCUT2D eigenvalue weighted by molar-refractivity contribution is 0.0951. The van der Waals surface area contributed by atoms with Crippen molar-refractivity contribution in [2.45, 2.75) is 6.92 Å². The largest absolute Gasteiger partial charge is 0.370 e. The lowest BCUT2D eigenvalue weighted by atomic mass is 10.3. The van der Waals surface area contributed by atoms with E-state index in [0.717, 1.165) is 0 Å². The van der Waals surface area contributed by atoms with Crippen LogP contribution in [0.25, 0.3) is 0 Å². The average Bonchev–Trinajstić information content (AvgIpc) is 2.39. The van der Waals surface area contributed by atoms with Gasteiger partial charge in [0, 0.05) is 13.1 Å². The summed E-state index contributed by atoms with van der Waals surface area (Å²) in [5, 5.41) is 5.51. The molecule has 1 amide bonds. The smallest absolute Gasteiger partial charge is 0.269 e. The van der Waals surface area contributed by atoms with E-state index in [9.17, 15) is 13.2 Å². The number of anilines is 1. The van der Waals surface area contributed by atoms with Crippen LogP contribution in [-0.2, 0) is 10.0 Å². The number of carbonyl (C=O) groups excluding carboxylic acids is 1. The Labute approximate surface area is 112 Å². The summed E-state index contributed by atoms with van der Waals surface area (Å²) < 4.78 is 24.5. The van der Waals surface area contributed by atoms with E-state index in [1.165, 1.54) is 7.05 Å². The van der Waals surface area contributed by atoms with E-state index in [0.29, 0.717) is 12.4 Å². The van der Waals surface area contributed by atoms with Gasteiger partial charge in [0.25, 0.3) is 5.91 Å². The maximum absolute atomic E-state index is 11.8. The summed E-state index contributed by atoms with van der Waals surface area (Å²) in [5.74, 6) is 0.0475. The van der Waals surface area contributed by atoms with Crippen LogP contribution in [0.3, 0.4) is 0 Å². The van der Waals surface area contributed by atoms with Gasteiger partial charge in [0.05, 0.1) is 5.75 Å². The van der Waals surface area contributed by atoms with Gasteiger partial charge in [-0.2, -0.15) is 0 Å². The first-order chi connectivity index (χ1) is 8.98. The van der Waals surface area contributed by atoms with Gasteiger partial charge in [-0.25, -0.2) is 18.1 Å². The van der Waals surface area contributed by atoms with E-state index in [1.807, 2.05) is 6.92 Å². The number of carbonyl (C=O) groups is 1. The summed E-state index contributed by atoms with van der Waals surface area (Å²) in [7, 11) is -1.98. The SMILES string of the molecule is CCNc1cccc(C(=O)NCCS(=O)(=O)NC)n1. The average molecular weight is 286 g/mol. The quantitative estimate of drug-likeness (QED) is 0.644. The predicted molar refractivity (Wildman–Crippen MR) is 73.6 cm³/mol. The topological polar surface area (TPSA) is 100 Å². The van der Waals surface area contributed by atoms with Crippen LogP contribution in [0.15, 0.2) is 18.2 Å². The molecule has 1 heterocycles. The number of sulfonamides is 1. The summed E-state index contributed by atoms with van der Waals surface area (Å²) in [6, 6.07) is 5.04. The Bertz CT molecular complexity index is 530. The predicted octanol–water partition coefficient (Wildman–Crippen LogP) is -0.208. The minimum Gasteiger partial charge on any atom is -0.370 e. The van der Waals surface area contributed by atoms with Crippen LogP contribution < -0.4 is 15.4 Å². The molecular formula is C11H18N4O3S. The van der Waals surface area contributed by atoms with Gasteiger partial charge >= 0.3 is 0 Å². The van der Waals surface area contributed by atoms with Crippen molar-refractivity contribution in [2.24, 2.45) is 0 Å². The minimum absolute atomic E-state index is 0.0368. The third-order valence-electron chi connectivity index (χ3n) is 2.31. The van der Waals surface area contributed by atoms with Crippen molar-refractivity contribution in [3.8, 4) is 0 Å². The Hall–Kier alpha value is -1.67. The molecule has 0 saturated heterocycles. The molecule has 3 N–H and O–H groups in total. The highest BCUT2D eigenvalue weighted by Gasteiger charge is 2.10. The molecule has 0 aliphatic rings. The summed E-state index contributed by atoms with van der Waals surface area (Å²) in [5.41, 5.74) is 0.250. The third-order valence-corrected chi connectivity index (χ3v) is 3.67. The number of rotatable bonds is 7. The molecule has 1 rings (SSSR count). The highest BCUT2D eigenvalue weighted by atomic mass is 32.2. The molecule has 0 aliphatic heterocycles. The fourth-order valence-corrected chi connectivity index (χ4v) is 1.91. The molecule has 0 unspecified atom stereocenters. The Morgan fingerprint density at radius 2 is 2.11 bits per heavy atom. The first kappa shape index (κ1) is 15.4. The Balaban J connectivity index is 2.56. The van der Waals surface area contributed by atoms with Crippen LogP contribution in [0.1, 0.15) is 17.4 Å². The molecule has 0 atom stereocenters. The van der Waals surface area contributed by atoms with Gasteiger partial charge in [-0.3, -0.25) is 4.79 Å². The second-order valence-electron chi connectivity index (χ2n) is 3.72. The number of pyridine rings is 1. The maximum atomic E-state index is 11.8. The van der Waals surface area contributed by atoms with Gasteiger partial charge < -0.3 is 10.6 Å². The zero-order valence-corrected chi connectivity index (χ0v) is 11.8. The summed E-state index contributed by atoms with van der Waals surface area (Å²) in [6.07, 6.45) is 0. The minimum atomic E-state index is -3.31. The van der Waals surface area contributed by atoms with Crippen LogP contribution in [-0.4, -0.2) is 45.2 Å². The van der Waals surface area contributed by atoms with E-state index in [2.05, 4.69) is 20.3 Å². The molecule has 106 valence electrons. The molecule has 0 spiro atoms. The van der Waals surface area contributed by atoms with Crippen molar-refractivity contribution < 1.29 is 13.2 Å². The van der Waals surface area contributed by atoms with Crippen molar-refractivity contribution in [2.75, 3.05) is 31.2 Å². The number of aromatic nitrogens is 1. The summed E-state index contributed by atoms with van der Waals surface area (Å²) in [4.78, 5) is 15.9. The van der Waals surface area contributed by atoms with E-state index in [-0.39, 0.29) is 18.0 Å². The highest BCUT2D eigenvalue weighted by Crippen LogP contribution is 2.04. The van der Waals surface area contributed by atoms with Gasteiger partial charge in [-0.05, 0) is 26.1 Å². The van der Waals surface area contributed by atoms with Gasteiger partial charge in [0.15, 0.2) is 0 Å². The van der Waals surface area contributed by atoms with Crippen LogP contribution in [0, 0.1) is 0 Å². The standard InChI is InChI=1S/C11H18N4O3S/c1-3-13-10-6-4-5-9(15-10)11(16)14-7-8-19(17,18)12-2/h4-6,12H,3,7-8H2,1-2H3,(H,13,15)(H,14,16).